The van der Waals surface area contributed by atoms with Crippen molar-refractivity contribution in [1.82, 2.24) is 9.55 Å². The number of hydrogen-bond acceptors (Lipinski definition) is 5. The number of carbonyl (C=O) groups is 1. The minimum Gasteiger partial charge on any atom is -0.448 e. The first kappa shape index (κ1) is 19.3. The summed E-state index contributed by atoms with van der Waals surface area (Å²) in [6.45, 7) is 4.37. The summed E-state index contributed by atoms with van der Waals surface area (Å²) in [5, 5.41) is 4.26. The van der Waals surface area contributed by atoms with Crippen molar-refractivity contribution in [3.05, 3.63) is 64.4 Å². The van der Waals surface area contributed by atoms with Gasteiger partial charge in [0.05, 0.1) is 5.75 Å². The van der Waals surface area contributed by atoms with E-state index in [-0.39, 0.29) is 22.8 Å². The van der Waals surface area contributed by atoms with Crippen molar-refractivity contribution in [3.8, 4) is 0 Å². The van der Waals surface area contributed by atoms with Crippen LogP contribution in [0.25, 0.3) is 22.1 Å². The van der Waals surface area contributed by atoms with E-state index in [9.17, 15) is 9.59 Å². The van der Waals surface area contributed by atoms with Crippen molar-refractivity contribution in [1.29, 1.82) is 0 Å². The molecule has 0 spiro atoms. The number of benzene rings is 2. The number of aryl methyl sites for hydroxylation is 1. The fraction of sp³-hybridized carbons (Fsp3) is 0.227. The van der Waals surface area contributed by atoms with Gasteiger partial charge in [0.2, 0.25) is 11.5 Å². The third kappa shape index (κ3) is 3.65. The number of amides is 1. The Balaban J connectivity index is 1.62. The van der Waals surface area contributed by atoms with Crippen LogP contribution in [0.2, 0.25) is 0 Å². The third-order valence-electron chi connectivity index (χ3n) is 4.77. The maximum absolute atomic E-state index is 12.9. The van der Waals surface area contributed by atoms with E-state index in [1.54, 1.807) is 4.57 Å². The van der Waals surface area contributed by atoms with Crippen LogP contribution in [-0.2, 0) is 17.8 Å². The second kappa shape index (κ2) is 8.13. The molecular weight excluding hydrogens is 386 g/mol. The molecule has 2 aromatic heterocycles. The van der Waals surface area contributed by atoms with Crippen molar-refractivity contribution in [2.75, 3.05) is 11.1 Å². The number of para-hydroxylation sites is 2. The predicted molar refractivity (Wildman–Crippen MR) is 117 cm³/mol. The Bertz CT molecular complexity index is 1260. The molecule has 4 aromatic rings. The zero-order chi connectivity index (χ0) is 20.4. The van der Waals surface area contributed by atoms with Crippen molar-refractivity contribution < 1.29 is 9.21 Å². The highest BCUT2D eigenvalue weighted by atomic mass is 32.2. The molecule has 4 rings (SSSR count). The van der Waals surface area contributed by atoms with Gasteiger partial charge in [-0.15, -0.1) is 0 Å². The maximum atomic E-state index is 12.9. The van der Waals surface area contributed by atoms with Crippen LogP contribution in [0.15, 0.2) is 62.9 Å². The van der Waals surface area contributed by atoms with E-state index in [0.29, 0.717) is 22.8 Å². The van der Waals surface area contributed by atoms with Gasteiger partial charge in [-0.3, -0.25) is 14.2 Å². The molecule has 1 amide bonds. The number of nitrogens with one attached hydrogen (secondary N) is 1. The van der Waals surface area contributed by atoms with Crippen LogP contribution in [0.4, 0.5) is 5.69 Å². The zero-order valence-electron chi connectivity index (χ0n) is 16.3. The number of hydrogen-bond donors (Lipinski definition) is 1. The number of furan rings is 1. The standard InChI is InChI=1S/C22H21N3O3S/c1-3-14-9-5-7-11-16(14)23-18(26)13-29-22-24-19-15-10-6-8-12-17(15)28-20(19)21(27)25(22)4-2/h5-12H,3-4,13H2,1-2H3,(H,23,26). The van der Waals surface area contributed by atoms with Crippen LogP contribution in [0.3, 0.4) is 0 Å². The lowest BCUT2D eigenvalue weighted by Crippen LogP contribution is -2.23. The van der Waals surface area contributed by atoms with E-state index < -0.39 is 0 Å². The topological polar surface area (TPSA) is 77.1 Å². The first-order valence-corrected chi connectivity index (χ1v) is 10.5. The molecule has 0 unspecified atom stereocenters. The van der Waals surface area contributed by atoms with Crippen molar-refractivity contribution in [2.45, 2.75) is 32.0 Å². The summed E-state index contributed by atoms with van der Waals surface area (Å²) in [4.78, 5) is 30.0. The molecular formula is C22H21N3O3S. The van der Waals surface area contributed by atoms with Crippen LogP contribution >= 0.6 is 11.8 Å². The van der Waals surface area contributed by atoms with Crippen LogP contribution in [-0.4, -0.2) is 21.2 Å². The number of anilines is 1. The lowest BCUT2D eigenvalue weighted by atomic mass is 10.1. The lowest BCUT2D eigenvalue weighted by Gasteiger charge is -2.11. The molecule has 2 aromatic carbocycles. The Morgan fingerprint density at radius 1 is 1.14 bits per heavy atom. The van der Waals surface area contributed by atoms with E-state index in [1.165, 1.54) is 11.8 Å². The molecule has 0 aliphatic rings. The van der Waals surface area contributed by atoms with Gasteiger partial charge in [-0.05, 0) is 37.1 Å². The number of carbonyl (C=O) groups excluding carboxylic acids is 1. The molecule has 0 atom stereocenters. The highest BCUT2D eigenvalue weighted by molar-refractivity contribution is 7.99. The molecule has 0 fully saturated rings. The summed E-state index contributed by atoms with van der Waals surface area (Å²) in [6, 6.07) is 15.2. The zero-order valence-corrected chi connectivity index (χ0v) is 17.1. The molecule has 0 aliphatic heterocycles. The van der Waals surface area contributed by atoms with Gasteiger partial charge < -0.3 is 9.73 Å². The molecule has 148 valence electrons. The third-order valence-corrected chi connectivity index (χ3v) is 5.74. The summed E-state index contributed by atoms with van der Waals surface area (Å²) < 4.78 is 7.27. The van der Waals surface area contributed by atoms with Gasteiger partial charge >= 0.3 is 0 Å². The van der Waals surface area contributed by atoms with Gasteiger partial charge in [-0.2, -0.15) is 0 Å². The lowest BCUT2D eigenvalue weighted by molar-refractivity contribution is -0.113. The quantitative estimate of drug-likeness (QED) is 0.377. The smallest absolute Gasteiger partial charge is 0.297 e. The van der Waals surface area contributed by atoms with E-state index >= 15 is 0 Å². The average molecular weight is 407 g/mol. The Morgan fingerprint density at radius 3 is 2.69 bits per heavy atom. The molecule has 2 heterocycles. The first-order chi connectivity index (χ1) is 14.1. The Hall–Kier alpha value is -3.06. The molecule has 0 aliphatic carbocycles. The van der Waals surface area contributed by atoms with Crippen LogP contribution in [0.5, 0.6) is 0 Å². The van der Waals surface area contributed by atoms with Gasteiger partial charge in [-0.1, -0.05) is 49.0 Å². The molecule has 0 bridgehead atoms. The fourth-order valence-electron chi connectivity index (χ4n) is 3.31. The summed E-state index contributed by atoms with van der Waals surface area (Å²) in [5.41, 5.74) is 3.09. The first-order valence-electron chi connectivity index (χ1n) is 9.55. The maximum Gasteiger partial charge on any atom is 0.297 e. The molecule has 6 nitrogen and oxygen atoms in total. The van der Waals surface area contributed by atoms with Gasteiger partial charge in [0.25, 0.3) is 5.56 Å². The largest absolute Gasteiger partial charge is 0.448 e. The predicted octanol–water partition coefficient (Wildman–Crippen LogP) is 4.46. The number of thioether (sulfide) groups is 1. The summed E-state index contributed by atoms with van der Waals surface area (Å²) in [6.07, 6.45) is 0.838. The van der Waals surface area contributed by atoms with E-state index in [0.717, 1.165) is 23.1 Å². The summed E-state index contributed by atoms with van der Waals surface area (Å²) >= 11 is 1.25. The number of nitrogens with zero attached hydrogens (tertiary/aromatic N) is 2. The number of aromatic nitrogens is 2. The van der Waals surface area contributed by atoms with Gasteiger partial charge in [0.1, 0.15) is 11.1 Å². The van der Waals surface area contributed by atoms with Gasteiger partial charge in [-0.25, -0.2) is 4.98 Å². The average Bonchev–Trinajstić information content (AvgIpc) is 3.12. The Kier molecular flexibility index (Phi) is 5.40. The SMILES string of the molecule is CCc1ccccc1NC(=O)CSc1nc2c(oc3ccccc32)c(=O)n1CC. The summed E-state index contributed by atoms with van der Waals surface area (Å²) in [5.74, 6) is 0.0242. The highest BCUT2D eigenvalue weighted by Crippen LogP contribution is 2.27. The molecule has 0 radical (unpaired) electrons. The molecule has 0 saturated heterocycles. The minimum atomic E-state index is -0.229. The van der Waals surface area contributed by atoms with Crippen molar-refractivity contribution in [2.24, 2.45) is 0 Å². The van der Waals surface area contributed by atoms with Crippen LogP contribution < -0.4 is 10.9 Å². The highest BCUT2D eigenvalue weighted by Gasteiger charge is 2.18. The van der Waals surface area contributed by atoms with E-state index in [4.69, 9.17) is 4.42 Å². The van der Waals surface area contributed by atoms with E-state index in [2.05, 4.69) is 10.3 Å². The molecule has 7 heteroatoms. The van der Waals surface area contributed by atoms with Crippen molar-refractivity contribution >= 4 is 45.4 Å². The normalized spacial score (nSPS) is 11.2. The van der Waals surface area contributed by atoms with Crippen molar-refractivity contribution in [3.63, 3.8) is 0 Å². The second-order valence-electron chi connectivity index (χ2n) is 6.57. The number of fused-ring (bicyclic) bond motifs is 3. The summed E-state index contributed by atoms with van der Waals surface area (Å²) in [7, 11) is 0. The fourth-order valence-corrected chi connectivity index (χ4v) is 4.17. The Morgan fingerprint density at radius 2 is 1.90 bits per heavy atom. The number of rotatable bonds is 6. The van der Waals surface area contributed by atoms with E-state index in [1.807, 2.05) is 62.4 Å². The van der Waals surface area contributed by atoms with Gasteiger partial charge in [0, 0.05) is 17.6 Å². The molecule has 0 saturated carbocycles. The van der Waals surface area contributed by atoms with Crippen LogP contribution in [0, 0.1) is 0 Å². The second-order valence-corrected chi connectivity index (χ2v) is 7.51. The minimum absolute atomic E-state index is 0.134. The monoisotopic (exact) mass is 407 g/mol. The molecule has 29 heavy (non-hydrogen) atoms. The Labute approximate surface area is 171 Å². The van der Waals surface area contributed by atoms with Gasteiger partial charge in [0.15, 0.2) is 5.16 Å². The van der Waals surface area contributed by atoms with Crippen LogP contribution in [0.1, 0.15) is 19.4 Å². The molecule has 1 N–H and O–H groups in total.